The molecular weight excluding hydrogens is 350 g/mol. The quantitative estimate of drug-likeness (QED) is 0.721. The van der Waals surface area contributed by atoms with Crippen molar-refractivity contribution in [2.24, 2.45) is 0 Å². The molecule has 0 saturated heterocycles. The molecule has 2 aromatic carbocycles. The van der Waals surface area contributed by atoms with E-state index in [-0.39, 0.29) is 18.5 Å². The molecule has 0 bridgehead atoms. The van der Waals surface area contributed by atoms with Gasteiger partial charge in [-0.2, -0.15) is 5.10 Å². The number of halogens is 1. The Morgan fingerprint density at radius 1 is 1.23 bits per heavy atom. The van der Waals surface area contributed by atoms with Crippen LogP contribution in [0.15, 0.2) is 61.2 Å². The van der Waals surface area contributed by atoms with Crippen LogP contribution in [0.4, 0.5) is 5.69 Å². The molecule has 1 N–H and O–H groups in total. The summed E-state index contributed by atoms with van der Waals surface area (Å²) in [6, 6.07) is 15.3. The lowest BCUT2D eigenvalue weighted by atomic mass is 10.1. The largest absolute Gasteiger partial charge is 0.324 e. The number of rotatable bonds is 6. The first-order valence-corrected chi connectivity index (χ1v) is 8.62. The Bertz CT molecular complexity index is 864. The van der Waals surface area contributed by atoms with Gasteiger partial charge in [0.1, 0.15) is 12.7 Å². The van der Waals surface area contributed by atoms with Crippen LogP contribution in [0.1, 0.15) is 18.5 Å². The maximum atomic E-state index is 12.3. The van der Waals surface area contributed by atoms with Crippen LogP contribution in [0.2, 0.25) is 5.02 Å². The van der Waals surface area contributed by atoms with Gasteiger partial charge in [0.25, 0.3) is 0 Å². The standard InChI is InChI=1S/C19H20ClN5O/c1-14(15-7-9-16(10-8-15)25-13-21-12-22-25)24(2)11-19(26)23-18-6-4-3-5-17(18)20/h3-10,12-14H,11H2,1-2H3,(H,23,26)/t14-/m0/s1. The van der Waals surface area contributed by atoms with Gasteiger partial charge in [0.2, 0.25) is 5.91 Å². The first kappa shape index (κ1) is 18.1. The van der Waals surface area contributed by atoms with E-state index in [1.807, 2.05) is 48.3 Å². The van der Waals surface area contributed by atoms with Crippen LogP contribution < -0.4 is 5.32 Å². The molecular formula is C19H20ClN5O. The molecule has 3 rings (SSSR count). The topological polar surface area (TPSA) is 63.1 Å². The summed E-state index contributed by atoms with van der Waals surface area (Å²) in [7, 11) is 1.92. The number of para-hydroxylation sites is 1. The normalized spacial score (nSPS) is 12.2. The van der Waals surface area contributed by atoms with E-state index in [2.05, 4.69) is 22.3 Å². The molecule has 3 aromatic rings. The van der Waals surface area contributed by atoms with Crippen molar-refractivity contribution in [1.82, 2.24) is 19.7 Å². The zero-order valence-corrected chi connectivity index (χ0v) is 15.4. The van der Waals surface area contributed by atoms with Gasteiger partial charge in [0.15, 0.2) is 0 Å². The zero-order chi connectivity index (χ0) is 18.5. The Hall–Kier alpha value is -2.70. The Morgan fingerprint density at radius 2 is 1.96 bits per heavy atom. The van der Waals surface area contributed by atoms with Gasteiger partial charge in [-0.25, -0.2) is 9.67 Å². The molecule has 0 aliphatic rings. The number of carbonyl (C=O) groups is 1. The van der Waals surface area contributed by atoms with Gasteiger partial charge in [-0.1, -0.05) is 35.9 Å². The lowest BCUT2D eigenvalue weighted by molar-refractivity contribution is -0.117. The highest BCUT2D eigenvalue weighted by Crippen LogP contribution is 2.22. The van der Waals surface area contributed by atoms with Gasteiger partial charge in [-0.15, -0.1) is 0 Å². The van der Waals surface area contributed by atoms with Gasteiger partial charge in [0, 0.05) is 6.04 Å². The molecule has 1 amide bonds. The van der Waals surface area contributed by atoms with Gasteiger partial charge in [-0.3, -0.25) is 9.69 Å². The summed E-state index contributed by atoms with van der Waals surface area (Å²) in [5.41, 5.74) is 2.68. The highest BCUT2D eigenvalue weighted by atomic mass is 35.5. The molecule has 7 heteroatoms. The number of hydrogen-bond acceptors (Lipinski definition) is 4. The smallest absolute Gasteiger partial charge is 0.238 e. The summed E-state index contributed by atoms with van der Waals surface area (Å²) in [5.74, 6) is -0.105. The number of likely N-dealkylation sites (N-methyl/N-ethyl adjacent to an activating group) is 1. The van der Waals surface area contributed by atoms with Crippen molar-refractivity contribution in [2.75, 3.05) is 18.9 Å². The van der Waals surface area contributed by atoms with Crippen molar-refractivity contribution >= 4 is 23.2 Å². The highest BCUT2D eigenvalue weighted by molar-refractivity contribution is 6.33. The fourth-order valence-electron chi connectivity index (χ4n) is 2.62. The van der Waals surface area contributed by atoms with Crippen molar-refractivity contribution in [1.29, 1.82) is 0 Å². The monoisotopic (exact) mass is 369 g/mol. The number of anilines is 1. The molecule has 0 unspecified atom stereocenters. The molecule has 1 aromatic heterocycles. The summed E-state index contributed by atoms with van der Waals surface area (Å²) < 4.78 is 1.70. The van der Waals surface area contributed by atoms with E-state index in [1.165, 1.54) is 6.33 Å². The first-order valence-electron chi connectivity index (χ1n) is 8.24. The van der Waals surface area contributed by atoms with Gasteiger partial charge < -0.3 is 5.32 Å². The average molecular weight is 370 g/mol. The fraction of sp³-hybridized carbons (Fsp3) is 0.211. The highest BCUT2D eigenvalue weighted by Gasteiger charge is 2.15. The number of hydrogen-bond donors (Lipinski definition) is 1. The van der Waals surface area contributed by atoms with E-state index in [9.17, 15) is 4.79 Å². The molecule has 6 nitrogen and oxygen atoms in total. The van der Waals surface area contributed by atoms with E-state index in [0.717, 1.165) is 11.3 Å². The number of nitrogens with zero attached hydrogens (tertiary/aromatic N) is 4. The molecule has 0 saturated carbocycles. The SMILES string of the molecule is C[C@@H](c1ccc(-n2cncn2)cc1)N(C)CC(=O)Nc1ccccc1Cl. The molecule has 134 valence electrons. The zero-order valence-electron chi connectivity index (χ0n) is 14.6. The summed E-state index contributed by atoms with van der Waals surface area (Å²) >= 11 is 6.08. The van der Waals surface area contributed by atoms with Crippen molar-refractivity contribution in [3.05, 3.63) is 71.8 Å². The molecule has 0 aliphatic heterocycles. The minimum atomic E-state index is -0.105. The molecule has 1 atom stereocenters. The van der Waals surface area contributed by atoms with Crippen molar-refractivity contribution < 1.29 is 4.79 Å². The van der Waals surface area contributed by atoms with Crippen LogP contribution in [0.3, 0.4) is 0 Å². The second-order valence-corrected chi connectivity index (χ2v) is 6.46. The van der Waals surface area contributed by atoms with Gasteiger partial charge >= 0.3 is 0 Å². The Kier molecular flexibility index (Phi) is 5.65. The second-order valence-electron chi connectivity index (χ2n) is 6.05. The molecule has 26 heavy (non-hydrogen) atoms. The number of amides is 1. The second kappa shape index (κ2) is 8.12. The first-order chi connectivity index (χ1) is 12.5. The van der Waals surface area contributed by atoms with Gasteiger partial charge in [-0.05, 0) is 43.8 Å². The van der Waals surface area contributed by atoms with E-state index < -0.39 is 0 Å². The Labute approximate surface area is 157 Å². The summed E-state index contributed by atoms with van der Waals surface area (Å²) in [6.07, 6.45) is 3.16. The minimum Gasteiger partial charge on any atom is -0.324 e. The summed E-state index contributed by atoms with van der Waals surface area (Å²) in [4.78, 5) is 18.2. The molecule has 0 fully saturated rings. The maximum absolute atomic E-state index is 12.3. The fourth-order valence-corrected chi connectivity index (χ4v) is 2.80. The molecule has 0 aliphatic carbocycles. The Morgan fingerprint density at radius 3 is 2.62 bits per heavy atom. The van der Waals surface area contributed by atoms with Crippen LogP contribution in [-0.2, 0) is 4.79 Å². The molecule has 0 spiro atoms. The van der Waals surface area contributed by atoms with E-state index in [0.29, 0.717) is 10.7 Å². The predicted octanol–water partition coefficient (Wildman–Crippen LogP) is 3.55. The number of benzene rings is 2. The lowest BCUT2D eigenvalue weighted by Crippen LogP contribution is -2.32. The van der Waals surface area contributed by atoms with Crippen LogP contribution in [0.5, 0.6) is 0 Å². The van der Waals surface area contributed by atoms with Crippen LogP contribution in [-0.4, -0.2) is 39.2 Å². The lowest BCUT2D eigenvalue weighted by Gasteiger charge is -2.24. The number of nitrogens with one attached hydrogen (secondary N) is 1. The average Bonchev–Trinajstić information content (AvgIpc) is 3.18. The number of aromatic nitrogens is 3. The summed E-state index contributed by atoms with van der Waals surface area (Å²) in [6.45, 7) is 2.32. The van der Waals surface area contributed by atoms with E-state index in [4.69, 9.17) is 11.6 Å². The third kappa shape index (κ3) is 4.28. The number of carbonyl (C=O) groups excluding carboxylic acids is 1. The van der Waals surface area contributed by atoms with Crippen molar-refractivity contribution in [2.45, 2.75) is 13.0 Å². The third-order valence-electron chi connectivity index (χ3n) is 4.26. The van der Waals surface area contributed by atoms with Crippen LogP contribution in [0, 0.1) is 0 Å². The van der Waals surface area contributed by atoms with Gasteiger partial charge in [0.05, 0.1) is 22.9 Å². The van der Waals surface area contributed by atoms with Crippen molar-refractivity contribution in [3.8, 4) is 5.69 Å². The summed E-state index contributed by atoms with van der Waals surface area (Å²) in [5, 5.41) is 7.49. The van der Waals surface area contributed by atoms with Crippen LogP contribution in [0.25, 0.3) is 5.69 Å². The predicted molar refractivity (Wildman–Crippen MR) is 102 cm³/mol. The van der Waals surface area contributed by atoms with E-state index >= 15 is 0 Å². The third-order valence-corrected chi connectivity index (χ3v) is 4.59. The maximum Gasteiger partial charge on any atom is 0.238 e. The Balaban J connectivity index is 1.61. The minimum absolute atomic E-state index is 0.0804. The molecule has 0 radical (unpaired) electrons. The van der Waals surface area contributed by atoms with Crippen molar-refractivity contribution in [3.63, 3.8) is 0 Å². The van der Waals surface area contributed by atoms with E-state index in [1.54, 1.807) is 23.1 Å². The van der Waals surface area contributed by atoms with Crippen LogP contribution >= 0.6 is 11.6 Å². The molecule has 1 heterocycles.